The van der Waals surface area contributed by atoms with Crippen LogP contribution in [0.2, 0.25) is 0 Å². The van der Waals surface area contributed by atoms with Crippen molar-refractivity contribution in [3.8, 4) is 0 Å². The summed E-state index contributed by atoms with van der Waals surface area (Å²) in [5.74, 6) is 0.0968. The van der Waals surface area contributed by atoms with Gasteiger partial charge in [0, 0.05) is 52.2 Å². The van der Waals surface area contributed by atoms with Crippen molar-refractivity contribution in [3.63, 3.8) is 0 Å². The number of hydrogen-bond acceptors (Lipinski definition) is 6. The Bertz CT molecular complexity index is 385. The van der Waals surface area contributed by atoms with Gasteiger partial charge in [-0.15, -0.1) is 0 Å². The lowest BCUT2D eigenvalue weighted by Gasteiger charge is -2.41. The Labute approximate surface area is 160 Å². The molecule has 3 aliphatic heterocycles. The average molecular weight is 372 g/mol. The molecule has 26 heavy (non-hydrogen) atoms. The van der Waals surface area contributed by atoms with Crippen LogP contribution >= 0.6 is 0 Å². The molecule has 0 saturated carbocycles. The van der Waals surface area contributed by atoms with Crippen molar-refractivity contribution in [2.75, 3.05) is 80.5 Å². The molecule has 7 nitrogen and oxygen atoms in total. The second kappa shape index (κ2) is 11.2. The average Bonchev–Trinajstić information content (AvgIpc) is 2.52. The zero-order valence-corrected chi connectivity index (χ0v) is 17.8. The van der Waals surface area contributed by atoms with Crippen molar-refractivity contribution in [1.82, 2.24) is 24.9 Å². The molecule has 0 radical (unpaired) electrons. The van der Waals surface area contributed by atoms with Gasteiger partial charge >= 0.3 is 0 Å². The van der Waals surface area contributed by atoms with E-state index in [-0.39, 0.29) is 11.5 Å². The monoisotopic (exact) mass is 371 g/mol. The van der Waals surface area contributed by atoms with Crippen molar-refractivity contribution in [1.29, 1.82) is 0 Å². The summed E-state index contributed by atoms with van der Waals surface area (Å²) in [6.07, 6.45) is 2.19. The van der Waals surface area contributed by atoms with E-state index in [1.165, 1.54) is 26.2 Å². The smallest absolute Gasteiger partial charge is 0.217 e. The minimum atomic E-state index is -0.380. The van der Waals surface area contributed by atoms with Gasteiger partial charge in [0.15, 0.2) is 0 Å². The minimum absolute atomic E-state index is 0.0968. The van der Waals surface area contributed by atoms with Crippen LogP contribution in [0.25, 0.3) is 0 Å². The fraction of sp³-hybridized carbons (Fsp3) is 0.947. The molecule has 0 atom stereocenters. The van der Waals surface area contributed by atoms with Gasteiger partial charge in [0.25, 0.3) is 0 Å². The fourth-order valence-electron chi connectivity index (χ4n) is 3.46. The molecule has 3 saturated heterocycles. The molecule has 2 N–H and O–H groups in total. The molecular formula is C19H41N5O2. The van der Waals surface area contributed by atoms with E-state index in [1.54, 1.807) is 6.92 Å². The molecule has 3 rings (SSSR count). The van der Waals surface area contributed by atoms with Gasteiger partial charge in [-0.3, -0.25) is 4.79 Å². The molecule has 0 aromatic heterocycles. The second-order valence-corrected chi connectivity index (χ2v) is 8.55. The predicted molar refractivity (Wildman–Crippen MR) is 107 cm³/mol. The lowest BCUT2D eigenvalue weighted by atomic mass is 9.98. The number of β-amino-alcohol motifs (C(OH)–C–C–N with tert-alkyl or cyclic N) is 1. The first-order chi connectivity index (χ1) is 12.1. The van der Waals surface area contributed by atoms with Crippen LogP contribution in [-0.4, -0.2) is 123 Å². The van der Waals surface area contributed by atoms with Crippen molar-refractivity contribution >= 4 is 5.91 Å². The summed E-state index contributed by atoms with van der Waals surface area (Å²) < 4.78 is 0. The minimum Gasteiger partial charge on any atom is -0.388 e. The van der Waals surface area contributed by atoms with E-state index in [0.29, 0.717) is 6.04 Å². The molecule has 154 valence electrons. The highest BCUT2D eigenvalue weighted by molar-refractivity contribution is 5.73. The summed E-state index contributed by atoms with van der Waals surface area (Å²) in [6.45, 7) is 12.2. The molecular weight excluding hydrogens is 330 g/mol. The second-order valence-electron chi connectivity index (χ2n) is 8.55. The Hall–Kier alpha value is -0.730. The van der Waals surface area contributed by atoms with E-state index in [1.807, 2.05) is 14.0 Å². The number of likely N-dealkylation sites (tertiary alicyclic amines) is 2. The van der Waals surface area contributed by atoms with Gasteiger partial charge in [-0.1, -0.05) is 0 Å². The van der Waals surface area contributed by atoms with Crippen LogP contribution in [0.15, 0.2) is 0 Å². The standard InChI is InChI=1S/C8H16N2O.C6H14N2.C5H11NO/c1-7(11)9-8-3-5-10(2)6-4-8;1-7-3-5-8(2)6-4-7;1-5(7)3-6(2)4-5/h8H,3-6H2,1-2H3,(H,9,11);3-6H2,1-2H3;7H,3-4H2,1-2H3. The molecule has 0 unspecified atom stereocenters. The van der Waals surface area contributed by atoms with Crippen LogP contribution in [0, 0.1) is 0 Å². The lowest BCUT2D eigenvalue weighted by molar-refractivity contribution is -0.119. The molecule has 0 aromatic rings. The normalized spacial score (nSPS) is 25.2. The number of rotatable bonds is 1. The summed E-state index contributed by atoms with van der Waals surface area (Å²) in [6, 6.07) is 0.420. The van der Waals surface area contributed by atoms with E-state index in [2.05, 4.69) is 46.1 Å². The van der Waals surface area contributed by atoms with E-state index < -0.39 is 0 Å². The van der Waals surface area contributed by atoms with Gasteiger partial charge in [0.2, 0.25) is 5.91 Å². The molecule has 3 heterocycles. The van der Waals surface area contributed by atoms with Crippen LogP contribution in [-0.2, 0) is 4.79 Å². The molecule has 0 aromatic carbocycles. The summed E-state index contributed by atoms with van der Waals surface area (Å²) in [4.78, 5) is 19.8. The molecule has 0 aliphatic carbocycles. The van der Waals surface area contributed by atoms with E-state index in [9.17, 15) is 4.79 Å². The van der Waals surface area contributed by atoms with Crippen molar-refractivity contribution in [3.05, 3.63) is 0 Å². The highest BCUT2D eigenvalue weighted by Gasteiger charge is 2.33. The molecule has 7 heteroatoms. The van der Waals surface area contributed by atoms with Gasteiger partial charge in [0.1, 0.15) is 0 Å². The maximum absolute atomic E-state index is 10.7. The van der Waals surface area contributed by atoms with Crippen LogP contribution < -0.4 is 5.32 Å². The number of amides is 1. The highest BCUT2D eigenvalue weighted by atomic mass is 16.3. The molecule has 3 aliphatic rings. The van der Waals surface area contributed by atoms with Gasteiger partial charge in [0.05, 0.1) is 5.60 Å². The van der Waals surface area contributed by atoms with E-state index in [4.69, 9.17) is 5.11 Å². The molecule has 0 spiro atoms. The predicted octanol–water partition coefficient (Wildman–Crippen LogP) is -0.237. The van der Waals surface area contributed by atoms with E-state index in [0.717, 1.165) is 39.0 Å². The zero-order chi connectivity index (χ0) is 19.7. The quantitative estimate of drug-likeness (QED) is 0.664. The maximum atomic E-state index is 10.7. The molecule has 1 amide bonds. The number of hydrogen-bond donors (Lipinski definition) is 2. The number of likely N-dealkylation sites (N-methyl/N-ethyl adjacent to an activating group) is 3. The van der Waals surface area contributed by atoms with E-state index >= 15 is 0 Å². The lowest BCUT2D eigenvalue weighted by Crippen LogP contribution is -2.57. The van der Waals surface area contributed by atoms with Crippen LogP contribution in [0.3, 0.4) is 0 Å². The SMILES string of the molecule is CC(=O)NC1CCN(C)CC1.CN1CC(C)(O)C1.CN1CCN(C)CC1. The van der Waals surface area contributed by atoms with Crippen LogP contribution in [0.1, 0.15) is 26.7 Å². The maximum Gasteiger partial charge on any atom is 0.217 e. The Morgan fingerprint density at radius 1 is 0.846 bits per heavy atom. The number of nitrogens with one attached hydrogen (secondary N) is 1. The van der Waals surface area contributed by atoms with Gasteiger partial charge in [-0.2, -0.15) is 0 Å². The summed E-state index contributed by atoms with van der Waals surface area (Å²) >= 11 is 0. The Kier molecular flexibility index (Phi) is 10.0. The first kappa shape index (κ1) is 23.3. The number of aliphatic hydroxyl groups is 1. The third kappa shape index (κ3) is 10.4. The topological polar surface area (TPSA) is 62.3 Å². The highest BCUT2D eigenvalue weighted by Crippen LogP contribution is 2.16. The Morgan fingerprint density at radius 3 is 1.50 bits per heavy atom. The van der Waals surface area contributed by atoms with Gasteiger partial charge in [-0.05, 0) is 61.0 Å². The van der Waals surface area contributed by atoms with Gasteiger partial charge in [-0.25, -0.2) is 0 Å². The number of carbonyl (C=O) groups is 1. The molecule has 3 fully saturated rings. The summed E-state index contributed by atoms with van der Waals surface area (Å²) in [5.41, 5.74) is -0.380. The molecule has 0 bridgehead atoms. The van der Waals surface area contributed by atoms with Crippen molar-refractivity contribution < 1.29 is 9.90 Å². The van der Waals surface area contributed by atoms with Gasteiger partial charge < -0.3 is 30.0 Å². The first-order valence-corrected chi connectivity index (χ1v) is 9.81. The number of carbonyl (C=O) groups excluding carboxylic acids is 1. The van der Waals surface area contributed by atoms with Crippen LogP contribution in [0.4, 0.5) is 0 Å². The number of piperidine rings is 1. The fourth-order valence-corrected chi connectivity index (χ4v) is 3.46. The Morgan fingerprint density at radius 2 is 1.23 bits per heavy atom. The third-order valence-corrected chi connectivity index (χ3v) is 5.07. The first-order valence-electron chi connectivity index (χ1n) is 9.81. The summed E-state index contributed by atoms with van der Waals surface area (Å²) in [7, 11) is 8.46. The number of piperazine rings is 1. The van der Waals surface area contributed by atoms with Crippen molar-refractivity contribution in [2.45, 2.75) is 38.3 Å². The zero-order valence-electron chi connectivity index (χ0n) is 17.8. The van der Waals surface area contributed by atoms with Crippen LogP contribution in [0.5, 0.6) is 0 Å². The van der Waals surface area contributed by atoms with Crippen molar-refractivity contribution in [2.24, 2.45) is 0 Å². The third-order valence-electron chi connectivity index (χ3n) is 5.07. The Balaban J connectivity index is 0.000000201. The number of nitrogens with zero attached hydrogens (tertiary/aromatic N) is 4. The largest absolute Gasteiger partial charge is 0.388 e. The summed E-state index contributed by atoms with van der Waals surface area (Å²) in [5, 5.41) is 12.0.